The summed E-state index contributed by atoms with van der Waals surface area (Å²) in [5.41, 5.74) is 0.789. The summed E-state index contributed by atoms with van der Waals surface area (Å²) in [7, 11) is 1.98. The van der Waals surface area contributed by atoms with Gasteiger partial charge in [0.2, 0.25) is 0 Å². The van der Waals surface area contributed by atoms with Crippen LogP contribution in [-0.2, 0) is 9.53 Å². The number of anilines is 1. The van der Waals surface area contributed by atoms with Crippen molar-refractivity contribution in [2.45, 2.75) is 18.6 Å². The second kappa shape index (κ2) is 7.03. The lowest BCUT2D eigenvalue weighted by molar-refractivity contribution is -0.138. The number of amides is 1. The van der Waals surface area contributed by atoms with E-state index in [1.165, 1.54) is 6.07 Å². The molecule has 1 amide bonds. The number of carbonyl (C=O) groups excluding carboxylic acids is 1. The highest BCUT2D eigenvalue weighted by Crippen LogP contribution is 2.25. The molecule has 2 fully saturated rings. The van der Waals surface area contributed by atoms with Gasteiger partial charge in [0.15, 0.2) is 0 Å². The largest absolute Gasteiger partial charge is 0.369 e. The van der Waals surface area contributed by atoms with Crippen molar-refractivity contribution in [3.8, 4) is 0 Å². The van der Waals surface area contributed by atoms with E-state index in [0.29, 0.717) is 19.7 Å². The van der Waals surface area contributed by atoms with Crippen LogP contribution in [-0.4, -0.2) is 62.8 Å². The zero-order chi connectivity index (χ0) is 16.4. The van der Waals surface area contributed by atoms with Gasteiger partial charge >= 0.3 is 0 Å². The molecule has 1 aromatic rings. The standard InChI is InChI=1S/C16H21ClFN3O2/c1-20-6-7-23-15(10-20)16(22)19-11-4-5-21(9-11)12-2-3-13(17)14(18)8-12/h2-3,8,11,15H,4-7,9-10H2,1H3,(H,19,22)/t11-,15+/m1/s1. The Hall–Kier alpha value is -1.37. The maximum Gasteiger partial charge on any atom is 0.250 e. The van der Waals surface area contributed by atoms with Gasteiger partial charge in [-0.2, -0.15) is 0 Å². The van der Waals surface area contributed by atoms with Crippen molar-refractivity contribution in [1.82, 2.24) is 10.2 Å². The lowest BCUT2D eigenvalue weighted by atomic mass is 10.2. The zero-order valence-corrected chi connectivity index (χ0v) is 13.9. The number of carbonyl (C=O) groups is 1. The lowest BCUT2D eigenvalue weighted by Gasteiger charge is -2.30. The van der Waals surface area contributed by atoms with E-state index in [2.05, 4.69) is 15.1 Å². The Morgan fingerprint density at radius 3 is 2.96 bits per heavy atom. The fraction of sp³-hybridized carbons (Fsp3) is 0.562. The number of halogens is 2. The van der Waals surface area contributed by atoms with Crippen LogP contribution in [0.3, 0.4) is 0 Å². The van der Waals surface area contributed by atoms with Gasteiger partial charge in [0.25, 0.3) is 5.91 Å². The molecule has 2 aliphatic heterocycles. The average Bonchev–Trinajstić information content (AvgIpc) is 2.98. The van der Waals surface area contributed by atoms with E-state index in [-0.39, 0.29) is 17.0 Å². The summed E-state index contributed by atoms with van der Waals surface area (Å²) in [6.45, 7) is 3.48. The van der Waals surface area contributed by atoms with Crippen molar-refractivity contribution in [1.29, 1.82) is 0 Å². The molecule has 0 aromatic heterocycles. The maximum atomic E-state index is 13.6. The van der Waals surface area contributed by atoms with Crippen molar-refractivity contribution in [2.24, 2.45) is 0 Å². The topological polar surface area (TPSA) is 44.8 Å². The lowest BCUT2D eigenvalue weighted by Crippen LogP contribution is -2.51. The smallest absolute Gasteiger partial charge is 0.250 e. The first-order valence-electron chi connectivity index (χ1n) is 7.83. The average molecular weight is 342 g/mol. The summed E-state index contributed by atoms with van der Waals surface area (Å²) in [6.07, 6.45) is 0.425. The van der Waals surface area contributed by atoms with Crippen LogP contribution in [0.1, 0.15) is 6.42 Å². The molecular formula is C16H21ClFN3O2. The molecule has 0 spiro atoms. The van der Waals surface area contributed by atoms with E-state index in [4.69, 9.17) is 16.3 Å². The minimum Gasteiger partial charge on any atom is -0.369 e. The van der Waals surface area contributed by atoms with Crippen LogP contribution in [0, 0.1) is 5.82 Å². The first kappa shape index (κ1) is 16.5. The first-order chi connectivity index (χ1) is 11.0. The molecule has 0 radical (unpaired) electrons. The van der Waals surface area contributed by atoms with Gasteiger partial charge in [-0.15, -0.1) is 0 Å². The Kier molecular flexibility index (Phi) is 5.04. The van der Waals surface area contributed by atoms with E-state index in [1.54, 1.807) is 12.1 Å². The van der Waals surface area contributed by atoms with Crippen molar-refractivity contribution in [2.75, 3.05) is 44.7 Å². The van der Waals surface area contributed by atoms with Gasteiger partial charge in [0.05, 0.1) is 11.6 Å². The number of likely N-dealkylation sites (N-methyl/N-ethyl adjacent to an activating group) is 1. The second-order valence-corrected chi connectivity index (χ2v) is 6.57. The number of rotatable bonds is 3. The molecule has 0 unspecified atom stereocenters. The van der Waals surface area contributed by atoms with E-state index >= 15 is 0 Å². The highest BCUT2D eigenvalue weighted by Gasteiger charge is 2.29. The summed E-state index contributed by atoms with van der Waals surface area (Å²) >= 11 is 5.71. The molecule has 3 rings (SSSR count). The monoisotopic (exact) mass is 341 g/mol. The molecule has 1 aromatic carbocycles. The van der Waals surface area contributed by atoms with Gasteiger partial charge in [-0.3, -0.25) is 4.79 Å². The van der Waals surface area contributed by atoms with E-state index in [0.717, 1.165) is 25.2 Å². The normalized spacial score (nSPS) is 25.6. The number of benzene rings is 1. The fourth-order valence-electron chi connectivity index (χ4n) is 3.02. The van der Waals surface area contributed by atoms with Crippen LogP contribution < -0.4 is 10.2 Å². The van der Waals surface area contributed by atoms with Gasteiger partial charge < -0.3 is 19.9 Å². The molecule has 0 aliphatic carbocycles. The van der Waals surface area contributed by atoms with Gasteiger partial charge in [-0.1, -0.05) is 11.6 Å². The van der Waals surface area contributed by atoms with Crippen LogP contribution in [0.15, 0.2) is 18.2 Å². The molecule has 2 aliphatic rings. The van der Waals surface area contributed by atoms with Crippen molar-refractivity contribution < 1.29 is 13.9 Å². The quantitative estimate of drug-likeness (QED) is 0.905. The van der Waals surface area contributed by atoms with Crippen molar-refractivity contribution in [3.63, 3.8) is 0 Å². The fourth-order valence-corrected chi connectivity index (χ4v) is 3.14. The summed E-state index contributed by atoms with van der Waals surface area (Å²) in [5.74, 6) is -0.485. The van der Waals surface area contributed by atoms with Gasteiger partial charge in [-0.25, -0.2) is 4.39 Å². The zero-order valence-electron chi connectivity index (χ0n) is 13.1. The third-order valence-corrected chi connectivity index (χ3v) is 4.67. The molecule has 2 atom stereocenters. The Morgan fingerprint density at radius 1 is 1.39 bits per heavy atom. The van der Waals surface area contributed by atoms with Crippen molar-refractivity contribution >= 4 is 23.2 Å². The van der Waals surface area contributed by atoms with Gasteiger partial charge in [-0.05, 0) is 31.7 Å². The number of hydrogen-bond acceptors (Lipinski definition) is 4. The molecule has 5 nitrogen and oxygen atoms in total. The number of hydrogen-bond donors (Lipinski definition) is 1. The van der Waals surface area contributed by atoms with Gasteiger partial charge in [0.1, 0.15) is 11.9 Å². The van der Waals surface area contributed by atoms with Gasteiger partial charge in [0, 0.05) is 37.9 Å². The number of nitrogens with zero attached hydrogens (tertiary/aromatic N) is 2. The van der Waals surface area contributed by atoms with Crippen LogP contribution in [0.4, 0.5) is 10.1 Å². The Morgan fingerprint density at radius 2 is 2.22 bits per heavy atom. The molecule has 0 saturated carbocycles. The van der Waals surface area contributed by atoms with E-state index in [9.17, 15) is 9.18 Å². The Labute approximate surface area is 140 Å². The maximum absolute atomic E-state index is 13.6. The number of ether oxygens (including phenoxy) is 1. The highest BCUT2D eigenvalue weighted by atomic mass is 35.5. The molecule has 126 valence electrons. The molecule has 7 heteroatoms. The third kappa shape index (κ3) is 3.94. The molecular weight excluding hydrogens is 321 g/mol. The third-order valence-electron chi connectivity index (χ3n) is 4.36. The summed E-state index contributed by atoms with van der Waals surface area (Å²) in [6, 6.07) is 4.85. The van der Waals surface area contributed by atoms with Crippen LogP contribution in [0.5, 0.6) is 0 Å². The minimum atomic E-state index is -0.421. The van der Waals surface area contributed by atoms with E-state index in [1.807, 2.05) is 7.05 Å². The summed E-state index contributed by atoms with van der Waals surface area (Å²) in [5, 5.41) is 3.16. The van der Waals surface area contributed by atoms with E-state index < -0.39 is 11.9 Å². The predicted octanol–water partition coefficient (Wildman–Crippen LogP) is 1.50. The minimum absolute atomic E-state index is 0.0528. The van der Waals surface area contributed by atoms with Crippen molar-refractivity contribution in [3.05, 3.63) is 29.0 Å². The highest BCUT2D eigenvalue weighted by molar-refractivity contribution is 6.30. The van der Waals surface area contributed by atoms with Crippen LogP contribution in [0.2, 0.25) is 5.02 Å². The first-order valence-corrected chi connectivity index (χ1v) is 8.21. The molecule has 23 heavy (non-hydrogen) atoms. The Bertz CT molecular complexity index is 586. The molecule has 2 heterocycles. The van der Waals surface area contributed by atoms with Crippen LogP contribution >= 0.6 is 11.6 Å². The SMILES string of the molecule is CN1CCO[C@H](C(=O)N[C@@H]2CCN(c3ccc(Cl)c(F)c3)C2)C1. The predicted molar refractivity (Wildman–Crippen MR) is 87.4 cm³/mol. The van der Waals surface area contributed by atoms with Crippen LogP contribution in [0.25, 0.3) is 0 Å². The number of nitrogens with one attached hydrogen (secondary N) is 1. The molecule has 2 saturated heterocycles. The molecule has 1 N–H and O–H groups in total. The summed E-state index contributed by atoms with van der Waals surface area (Å²) in [4.78, 5) is 16.4. The number of morpholine rings is 1. The second-order valence-electron chi connectivity index (χ2n) is 6.16. The summed E-state index contributed by atoms with van der Waals surface area (Å²) < 4.78 is 19.1. The Balaban J connectivity index is 1.55. The molecule has 0 bridgehead atoms.